The number of carbonyl (C=O) groups is 5. The first-order valence-electron chi connectivity index (χ1n) is 8.33. The Morgan fingerprint density at radius 2 is 1.36 bits per heavy atom. The van der Waals surface area contributed by atoms with Gasteiger partial charge in [-0.2, -0.15) is 0 Å². The van der Waals surface area contributed by atoms with Crippen LogP contribution in [0.15, 0.2) is 0 Å². The van der Waals surface area contributed by atoms with E-state index in [0.29, 0.717) is 0 Å². The highest BCUT2D eigenvalue weighted by atomic mass is 16.7. The SMILES string of the molecule is CNC(=O)N[C@@H]1[C@@H](OC(C)=O)O[C@H](COC(C)=O)[C@@H](OC(C)=O)[C@@H]1OC(C)=O. The van der Waals surface area contributed by atoms with Crippen LogP contribution in [0, 0.1) is 0 Å². The van der Waals surface area contributed by atoms with Crippen LogP contribution in [0.3, 0.4) is 0 Å². The van der Waals surface area contributed by atoms with E-state index in [1.54, 1.807) is 0 Å². The van der Waals surface area contributed by atoms with E-state index in [2.05, 4.69) is 10.6 Å². The number of amides is 2. The number of urea groups is 1. The summed E-state index contributed by atoms with van der Waals surface area (Å²) in [5.74, 6) is -2.86. The molecule has 0 spiro atoms. The van der Waals surface area contributed by atoms with Gasteiger partial charge in [0.25, 0.3) is 0 Å². The molecule has 1 rings (SSSR count). The Labute approximate surface area is 161 Å². The molecule has 1 heterocycles. The second-order valence-corrected chi connectivity index (χ2v) is 5.85. The first-order chi connectivity index (χ1) is 13.0. The monoisotopic (exact) mass is 404 g/mol. The highest BCUT2D eigenvalue weighted by Gasteiger charge is 2.52. The zero-order valence-electron chi connectivity index (χ0n) is 16.2. The minimum Gasteiger partial charge on any atom is -0.463 e. The van der Waals surface area contributed by atoms with Crippen LogP contribution in [0.25, 0.3) is 0 Å². The minimum atomic E-state index is -1.41. The van der Waals surface area contributed by atoms with Crippen molar-refractivity contribution in [1.29, 1.82) is 0 Å². The summed E-state index contributed by atoms with van der Waals surface area (Å²) in [7, 11) is 1.34. The normalized spacial score (nSPS) is 26.4. The van der Waals surface area contributed by atoms with E-state index in [4.69, 9.17) is 23.7 Å². The molecule has 0 aromatic heterocycles. The van der Waals surface area contributed by atoms with E-state index in [1.807, 2.05) is 0 Å². The lowest BCUT2D eigenvalue weighted by Gasteiger charge is -2.44. The van der Waals surface area contributed by atoms with E-state index in [9.17, 15) is 24.0 Å². The second kappa shape index (κ2) is 10.4. The number of rotatable bonds is 6. The molecule has 0 aliphatic carbocycles. The van der Waals surface area contributed by atoms with Crippen molar-refractivity contribution in [3.8, 4) is 0 Å². The zero-order chi connectivity index (χ0) is 21.4. The van der Waals surface area contributed by atoms with Gasteiger partial charge in [-0.3, -0.25) is 19.2 Å². The van der Waals surface area contributed by atoms with Gasteiger partial charge in [-0.15, -0.1) is 0 Å². The van der Waals surface area contributed by atoms with Crippen LogP contribution in [0.1, 0.15) is 27.7 Å². The molecule has 1 aliphatic heterocycles. The first-order valence-corrected chi connectivity index (χ1v) is 8.33. The molecule has 12 nitrogen and oxygen atoms in total. The Hall–Kier alpha value is -2.89. The number of ether oxygens (including phenoxy) is 5. The van der Waals surface area contributed by atoms with Gasteiger partial charge in [0.05, 0.1) is 0 Å². The number of hydrogen-bond donors (Lipinski definition) is 2. The van der Waals surface area contributed by atoms with Crippen molar-refractivity contribution in [3.63, 3.8) is 0 Å². The number of hydrogen-bond acceptors (Lipinski definition) is 10. The lowest BCUT2D eigenvalue weighted by Crippen LogP contribution is -2.67. The van der Waals surface area contributed by atoms with Crippen LogP contribution in [0.4, 0.5) is 4.79 Å². The van der Waals surface area contributed by atoms with Gasteiger partial charge in [0.2, 0.25) is 6.29 Å². The van der Waals surface area contributed by atoms with Gasteiger partial charge in [0.15, 0.2) is 12.2 Å². The van der Waals surface area contributed by atoms with Crippen LogP contribution >= 0.6 is 0 Å². The van der Waals surface area contributed by atoms with Crippen LogP contribution in [-0.4, -0.2) is 74.2 Å². The van der Waals surface area contributed by atoms with E-state index < -0.39 is 60.6 Å². The molecule has 0 unspecified atom stereocenters. The quantitative estimate of drug-likeness (QED) is 0.416. The Bertz CT molecular complexity index is 623. The van der Waals surface area contributed by atoms with Crippen LogP contribution in [0.2, 0.25) is 0 Å². The molecule has 1 aliphatic rings. The summed E-state index contributed by atoms with van der Waals surface area (Å²) < 4.78 is 26.0. The van der Waals surface area contributed by atoms with Gasteiger partial charge < -0.3 is 34.3 Å². The fourth-order valence-corrected chi connectivity index (χ4v) is 2.54. The molecular weight excluding hydrogens is 380 g/mol. The van der Waals surface area contributed by atoms with Crippen molar-refractivity contribution in [2.24, 2.45) is 0 Å². The number of carbonyl (C=O) groups excluding carboxylic acids is 5. The Balaban J connectivity index is 3.31. The van der Waals surface area contributed by atoms with Crippen molar-refractivity contribution in [2.45, 2.75) is 58.3 Å². The average Bonchev–Trinajstić information content (AvgIpc) is 2.56. The molecule has 1 saturated heterocycles. The van der Waals surface area contributed by atoms with Crippen molar-refractivity contribution in [2.75, 3.05) is 13.7 Å². The molecule has 2 N–H and O–H groups in total. The molecule has 0 saturated carbocycles. The molecule has 1 fully saturated rings. The molecule has 0 radical (unpaired) electrons. The number of nitrogens with one attached hydrogen (secondary N) is 2. The van der Waals surface area contributed by atoms with Gasteiger partial charge in [-0.05, 0) is 0 Å². The Morgan fingerprint density at radius 1 is 0.821 bits per heavy atom. The third-order valence-corrected chi connectivity index (χ3v) is 3.51. The average molecular weight is 404 g/mol. The highest BCUT2D eigenvalue weighted by Crippen LogP contribution is 2.28. The lowest BCUT2D eigenvalue weighted by molar-refractivity contribution is -0.270. The molecule has 158 valence electrons. The minimum absolute atomic E-state index is 0.379. The molecule has 2 amide bonds. The van der Waals surface area contributed by atoms with Crippen LogP contribution in [-0.2, 0) is 42.9 Å². The van der Waals surface area contributed by atoms with Crippen molar-refractivity contribution >= 4 is 29.9 Å². The molecule has 0 aromatic rings. The fraction of sp³-hybridized carbons (Fsp3) is 0.688. The van der Waals surface area contributed by atoms with E-state index >= 15 is 0 Å². The summed E-state index contributed by atoms with van der Waals surface area (Å²) in [6, 6.07) is -1.91. The van der Waals surface area contributed by atoms with Gasteiger partial charge in [0.1, 0.15) is 18.8 Å². The topological polar surface area (TPSA) is 156 Å². The van der Waals surface area contributed by atoms with Crippen LogP contribution < -0.4 is 10.6 Å². The smallest absolute Gasteiger partial charge is 0.315 e. The van der Waals surface area contributed by atoms with Crippen LogP contribution in [0.5, 0.6) is 0 Å². The van der Waals surface area contributed by atoms with Gasteiger partial charge >= 0.3 is 29.9 Å². The Morgan fingerprint density at radius 3 is 1.82 bits per heavy atom. The van der Waals surface area contributed by atoms with E-state index in [1.165, 1.54) is 7.05 Å². The Kier molecular flexibility index (Phi) is 8.64. The predicted molar refractivity (Wildman–Crippen MR) is 89.5 cm³/mol. The maximum atomic E-state index is 11.8. The molecule has 0 bridgehead atoms. The highest BCUT2D eigenvalue weighted by molar-refractivity contribution is 5.74. The van der Waals surface area contributed by atoms with Crippen molar-refractivity contribution in [3.05, 3.63) is 0 Å². The van der Waals surface area contributed by atoms with Crippen molar-refractivity contribution in [1.82, 2.24) is 10.6 Å². The van der Waals surface area contributed by atoms with Crippen molar-refractivity contribution < 1.29 is 47.7 Å². The third-order valence-electron chi connectivity index (χ3n) is 3.51. The number of esters is 4. The molecule has 28 heavy (non-hydrogen) atoms. The molecule has 5 atom stereocenters. The first kappa shape index (κ1) is 23.1. The summed E-state index contributed by atoms with van der Waals surface area (Å²) in [5.41, 5.74) is 0. The molecule has 0 aromatic carbocycles. The fourth-order valence-electron chi connectivity index (χ4n) is 2.54. The summed E-state index contributed by atoms with van der Waals surface area (Å²) in [5, 5.41) is 4.74. The zero-order valence-corrected chi connectivity index (χ0v) is 16.2. The summed E-state index contributed by atoms with van der Waals surface area (Å²) in [4.78, 5) is 57.6. The summed E-state index contributed by atoms with van der Waals surface area (Å²) >= 11 is 0. The largest absolute Gasteiger partial charge is 0.463 e. The summed E-state index contributed by atoms with van der Waals surface area (Å²) in [6.07, 6.45) is -5.09. The van der Waals surface area contributed by atoms with Gasteiger partial charge in [-0.25, -0.2) is 4.79 Å². The molecular formula is C16H24N2O10. The third kappa shape index (κ3) is 7.02. The van der Waals surface area contributed by atoms with Gasteiger partial charge in [-0.1, -0.05) is 0 Å². The predicted octanol–water partition coefficient (Wildman–Crippen LogP) is -1.00. The maximum Gasteiger partial charge on any atom is 0.315 e. The van der Waals surface area contributed by atoms with E-state index in [0.717, 1.165) is 27.7 Å². The second-order valence-electron chi connectivity index (χ2n) is 5.85. The van der Waals surface area contributed by atoms with Gasteiger partial charge in [0, 0.05) is 34.7 Å². The standard InChI is InChI=1S/C16H24N2O10/c1-7(19)24-6-11-13(25-8(2)20)14(26-9(3)21)12(18-16(23)17-5)15(28-11)27-10(4)22/h11-15H,6H2,1-5H3,(H2,17,18,23)/t11-,12+,13-,14-,15+/m1/s1. The summed E-state index contributed by atoms with van der Waals surface area (Å²) in [6.45, 7) is 4.12. The maximum absolute atomic E-state index is 11.8. The lowest BCUT2D eigenvalue weighted by atomic mass is 9.96. The molecule has 12 heteroatoms. The van der Waals surface area contributed by atoms with E-state index in [-0.39, 0.29) is 6.61 Å².